The van der Waals surface area contributed by atoms with Gasteiger partial charge in [0.05, 0.1) is 12.5 Å². The van der Waals surface area contributed by atoms with Gasteiger partial charge in [0, 0.05) is 31.8 Å². The molecule has 0 aromatic carbocycles. The summed E-state index contributed by atoms with van der Waals surface area (Å²) >= 11 is 0. The molecule has 0 amide bonds. The van der Waals surface area contributed by atoms with E-state index in [0.717, 1.165) is 19.3 Å². The maximum atomic E-state index is 14.0. The first kappa shape index (κ1) is 20.6. The van der Waals surface area contributed by atoms with Crippen molar-refractivity contribution in [3.8, 4) is 0 Å². The van der Waals surface area contributed by atoms with Crippen LogP contribution >= 0.6 is 0 Å². The minimum Gasteiger partial charge on any atom is -0.462 e. The van der Waals surface area contributed by atoms with Gasteiger partial charge in [-0.25, -0.2) is 0 Å². The molecule has 0 spiro atoms. The molecule has 1 aliphatic carbocycles. The van der Waals surface area contributed by atoms with E-state index in [-0.39, 0.29) is 49.1 Å². The van der Waals surface area contributed by atoms with Crippen LogP contribution in [0.2, 0.25) is 0 Å². The number of hydrogen-bond donors (Lipinski definition) is 0. The molecule has 5 nitrogen and oxygen atoms in total. The van der Waals surface area contributed by atoms with Gasteiger partial charge in [0.2, 0.25) is 5.78 Å². The van der Waals surface area contributed by atoms with Crippen molar-refractivity contribution in [2.75, 3.05) is 6.61 Å². The second-order valence-corrected chi connectivity index (χ2v) is 8.04. The number of Topliss-reactive ketones (excluding diaryl/α,β-unsaturated/α-hetero) is 1. The predicted octanol–water partition coefficient (Wildman–Crippen LogP) is 4.02. The summed E-state index contributed by atoms with van der Waals surface area (Å²) in [6.07, 6.45) is 3.64. The molecule has 2 saturated heterocycles. The summed E-state index contributed by atoms with van der Waals surface area (Å²) in [7, 11) is 0. The molecule has 7 heteroatoms. The van der Waals surface area contributed by atoms with Crippen molar-refractivity contribution in [2.45, 2.75) is 95.6 Å². The Morgan fingerprint density at radius 3 is 2.85 bits per heavy atom. The van der Waals surface area contributed by atoms with Gasteiger partial charge in [0.1, 0.15) is 6.10 Å². The van der Waals surface area contributed by atoms with Gasteiger partial charge in [-0.3, -0.25) is 9.59 Å². The fourth-order valence-corrected chi connectivity index (χ4v) is 4.55. The second kappa shape index (κ2) is 8.95. The van der Waals surface area contributed by atoms with Gasteiger partial charge < -0.3 is 14.2 Å². The minimum atomic E-state index is -3.27. The second-order valence-electron chi connectivity index (χ2n) is 8.04. The standard InChI is InChI=1S/C20H30F2O5/c1-2-3-9-20(21,22)17(23)8-7-13-14-11-18(24)26-16(14)12-15(13)27-19-6-4-5-10-25-19/h13-16,19H,2-12H2,1H3/t13-,14?,15?,16?,19?/m1/s1. The van der Waals surface area contributed by atoms with E-state index in [1.807, 2.05) is 6.92 Å². The quantitative estimate of drug-likeness (QED) is 0.558. The molecule has 5 atom stereocenters. The summed E-state index contributed by atoms with van der Waals surface area (Å²) < 4.78 is 45.1. The third-order valence-corrected chi connectivity index (χ3v) is 6.08. The topological polar surface area (TPSA) is 61.8 Å². The lowest BCUT2D eigenvalue weighted by atomic mass is 9.86. The van der Waals surface area contributed by atoms with Crippen LogP contribution in [0.25, 0.3) is 0 Å². The third kappa shape index (κ3) is 5.05. The largest absolute Gasteiger partial charge is 0.462 e. The Morgan fingerprint density at radius 1 is 1.33 bits per heavy atom. The number of ketones is 1. The maximum absolute atomic E-state index is 14.0. The number of esters is 1. The van der Waals surface area contributed by atoms with Gasteiger partial charge >= 0.3 is 11.9 Å². The molecule has 3 fully saturated rings. The molecule has 2 aliphatic heterocycles. The van der Waals surface area contributed by atoms with Crippen molar-refractivity contribution in [3.63, 3.8) is 0 Å². The number of fused-ring (bicyclic) bond motifs is 1. The number of halogens is 2. The van der Waals surface area contributed by atoms with Crippen LogP contribution in [0.4, 0.5) is 8.78 Å². The highest BCUT2D eigenvalue weighted by Gasteiger charge is 2.51. The van der Waals surface area contributed by atoms with E-state index >= 15 is 0 Å². The normalized spacial score (nSPS) is 33.7. The number of carbonyl (C=O) groups is 2. The van der Waals surface area contributed by atoms with E-state index in [0.29, 0.717) is 32.3 Å². The van der Waals surface area contributed by atoms with Gasteiger partial charge in [-0.15, -0.1) is 0 Å². The fourth-order valence-electron chi connectivity index (χ4n) is 4.55. The fraction of sp³-hybridized carbons (Fsp3) is 0.900. The highest BCUT2D eigenvalue weighted by molar-refractivity contribution is 5.85. The van der Waals surface area contributed by atoms with Crippen LogP contribution in [0.5, 0.6) is 0 Å². The Hall–Kier alpha value is -1.08. The molecule has 154 valence electrons. The van der Waals surface area contributed by atoms with Crippen LogP contribution in [-0.2, 0) is 23.8 Å². The van der Waals surface area contributed by atoms with Crippen LogP contribution in [0.1, 0.15) is 71.1 Å². The van der Waals surface area contributed by atoms with Crippen LogP contribution in [-0.4, -0.2) is 42.8 Å². The summed E-state index contributed by atoms with van der Waals surface area (Å²) in [5.41, 5.74) is 0. The summed E-state index contributed by atoms with van der Waals surface area (Å²) in [5, 5.41) is 0. The molecule has 3 aliphatic rings. The molecule has 0 radical (unpaired) electrons. The van der Waals surface area contributed by atoms with Crippen molar-refractivity contribution in [1.82, 2.24) is 0 Å². The van der Waals surface area contributed by atoms with Crippen LogP contribution in [0.15, 0.2) is 0 Å². The lowest BCUT2D eigenvalue weighted by Gasteiger charge is -2.30. The first-order valence-corrected chi connectivity index (χ1v) is 10.3. The first-order valence-electron chi connectivity index (χ1n) is 10.3. The molecule has 2 heterocycles. The van der Waals surface area contributed by atoms with Crippen molar-refractivity contribution >= 4 is 11.8 Å². The average molecular weight is 388 g/mol. The zero-order valence-electron chi connectivity index (χ0n) is 16.0. The van der Waals surface area contributed by atoms with Crippen LogP contribution < -0.4 is 0 Å². The number of rotatable bonds is 9. The zero-order chi connectivity index (χ0) is 19.4. The highest BCUT2D eigenvalue weighted by atomic mass is 19.3. The average Bonchev–Trinajstić information content (AvgIpc) is 3.14. The van der Waals surface area contributed by atoms with Crippen molar-refractivity contribution in [1.29, 1.82) is 0 Å². The molecular formula is C20H30F2O5. The molecule has 1 saturated carbocycles. The Balaban J connectivity index is 1.59. The van der Waals surface area contributed by atoms with E-state index in [4.69, 9.17) is 14.2 Å². The molecule has 27 heavy (non-hydrogen) atoms. The van der Waals surface area contributed by atoms with E-state index in [1.54, 1.807) is 0 Å². The molecule has 3 rings (SSSR count). The number of carbonyl (C=O) groups excluding carboxylic acids is 2. The van der Waals surface area contributed by atoms with E-state index in [2.05, 4.69) is 0 Å². The molecule has 0 aromatic rings. The van der Waals surface area contributed by atoms with Crippen molar-refractivity contribution in [3.05, 3.63) is 0 Å². The summed E-state index contributed by atoms with van der Waals surface area (Å²) in [4.78, 5) is 23.7. The Labute approximate surface area is 159 Å². The van der Waals surface area contributed by atoms with E-state index < -0.39 is 18.1 Å². The monoisotopic (exact) mass is 388 g/mol. The molecule has 0 bridgehead atoms. The Morgan fingerprint density at radius 2 is 2.15 bits per heavy atom. The number of hydrogen-bond acceptors (Lipinski definition) is 5. The lowest BCUT2D eigenvalue weighted by Crippen LogP contribution is -2.33. The predicted molar refractivity (Wildman–Crippen MR) is 93.3 cm³/mol. The Kier molecular flexibility index (Phi) is 6.84. The smallest absolute Gasteiger partial charge is 0.306 e. The number of unbranched alkanes of at least 4 members (excludes halogenated alkanes) is 1. The highest BCUT2D eigenvalue weighted by Crippen LogP contribution is 2.46. The van der Waals surface area contributed by atoms with Gasteiger partial charge in [0.15, 0.2) is 6.29 Å². The van der Waals surface area contributed by atoms with Crippen LogP contribution in [0, 0.1) is 11.8 Å². The van der Waals surface area contributed by atoms with E-state index in [1.165, 1.54) is 0 Å². The lowest BCUT2D eigenvalue weighted by molar-refractivity contribution is -0.197. The van der Waals surface area contributed by atoms with Crippen molar-refractivity contribution in [2.24, 2.45) is 11.8 Å². The molecular weight excluding hydrogens is 358 g/mol. The first-order chi connectivity index (χ1) is 12.9. The maximum Gasteiger partial charge on any atom is 0.306 e. The SMILES string of the molecule is CCCCC(F)(F)C(=O)CC[C@H]1C(OC2CCCCO2)CC2OC(=O)CC21. The summed E-state index contributed by atoms with van der Waals surface area (Å²) in [5.74, 6) is -4.70. The molecule has 0 aromatic heterocycles. The summed E-state index contributed by atoms with van der Waals surface area (Å²) in [6.45, 7) is 2.48. The van der Waals surface area contributed by atoms with Gasteiger partial charge in [0.25, 0.3) is 0 Å². The molecule has 4 unspecified atom stereocenters. The molecule has 0 N–H and O–H groups in total. The van der Waals surface area contributed by atoms with Gasteiger partial charge in [-0.1, -0.05) is 13.3 Å². The van der Waals surface area contributed by atoms with Gasteiger partial charge in [-0.2, -0.15) is 8.78 Å². The van der Waals surface area contributed by atoms with E-state index in [9.17, 15) is 18.4 Å². The third-order valence-electron chi connectivity index (χ3n) is 6.08. The number of ether oxygens (including phenoxy) is 3. The van der Waals surface area contributed by atoms with Gasteiger partial charge in [-0.05, 0) is 38.0 Å². The number of alkyl halides is 2. The minimum absolute atomic E-state index is 0.0526. The zero-order valence-corrected chi connectivity index (χ0v) is 16.0. The van der Waals surface area contributed by atoms with Crippen molar-refractivity contribution < 1.29 is 32.6 Å². The Bertz CT molecular complexity index is 532. The van der Waals surface area contributed by atoms with Crippen LogP contribution in [0.3, 0.4) is 0 Å². The summed E-state index contributed by atoms with van der Waals surface area (Å²) in [6, 6.07) is 0.